The highest BCUT2D eigenvalue weighted by atomic mass is 35.5. The largest absolute Gasteiger partial charge is 0.457 e. The highest BCUT2D eigenvalue weighted by molar-refractivity contribution is 7.89. The van der Waals surface area contributed by atoms with Gasteiger partial charge < -0.3 is 9.47 Å². The number of rotatable bonds is 5. The minimum Gasteiger partial charge on any atom is -0.457 e. The Morgan fingerprint density at radius 1 is 1.18 bits per heavy atom. The fourth-order valence-electron chi connectivity index (χ4n) is 2.66. The van der Waals surface area contributed by atoms with Gasteiger partial charge in [-0.25, -0.2) is 13.2 Å². The predicted octanol–water partition coefficient (Wildman–Crippen LogP) is 2.59. The second-order valence-electron chi connectivity index (χ2n) is 6.05. The maximum Gasteiger partial charge on any atom is 0.338 e. The van der Waals surface area contributed by atoms with Crippen LogP contribution in [0.3, 0.4) is 0 Å². The zero-order valence-corrected chi connectivity index (χ0v) is 16.4. The van der Waals surface area contributed by atoms with Crippen LogP contribution in [-0.2, 0) is 26.1 Å². The number of sulfonamides is 1. The fourth-order valence-corrected chi connectivity index (χ4v) is 4.57. The standard InChI is InChI=1S/C19H17ClN2O5S/c20-17-6-5-16(11-18(17)28(24,25)22-7-9-26-10-8-22)19(23)27-13-15-3-1-14(12-21)2-4-15/h1-6,11H,7-10,13H2. The summed E-state index contributed by atoms with van der Waals surface area (Å²) in [5.74, 6) is -0.667. The van der Waals surface area contributed by atoms with Crippen LogP contribution in [0.15, 0.2) is 47.4 Å². The van der Waals surface area contributed by atoms with Crippen molar-refractivity contribution < 1.29 is 22.7 Å². The Labute approximate surface area is 168 Å². The average Bonchev–Trinajstić information content (AvgIpc) is 2.73. The summed E-state index contributed by atoms with van der Waals surface area (Å²) < 4.78 is 37.4. The van der Waals surface area contributed by atoms with Crippen LogP contribution in [0.25, 0.3) is 0 Å². The molecule has 1 fully saturated rings. The lowest BCUT2D eigenvalue weighted by Gasteiger charge is -2.26. The van der Waals surface area contributed by atoms with Crippen molar-refractivity contribution in [2.75, 3.05) is 26.3 Å². The molecule has 1 heterocycles. The number of esters is 1. The van der Waals surface area contributed by atoms with Crippen LogP contribution in [0.1, 0.15) is 21.5 Å². The summed E-state index contributed by atoms with van der Waals surface area (Å²) in [6, 6.07) is 12.6. The predicted molar refractivity (Wildman–Crippen MR) is 101 cm³/mol. The average molecular weight is 421 g/mol. The molecule has 0 aromatic heterocycles. The van der Waals surface area contributed by atoms with Gasteiger partial charge in [-0.15, -0.1) is 0 Å². The van der Waals surface area contributed by atoms with E-state index in [0.717, 1.165) is 0 Å². The summed E-state index contributed by atoms with van der Waals surface area (Å²) in [6.45, 7) is 1.07. The Kier molecular flexibility index (Phi) is 6.31. The maximum atomic E-state index is 12.8. The number of morpholine rings is 1. The first-order chi connectivity index (χ1) is 13.4. The Hall–Kier alpha value is -2.44. The van der Waals surface area contributed by atoms with Crippen LogP contribution in [0.4, 0.5) is 0 Å². The quantitative estimate of drug-likeness (QED) is 0.690. The molecule has 0 bridgehead atoms. The van der Waals surface area contributed by atoms with Gasteiger partial charge in [-0.1, -0.05) is 23.7 Å². The Balaban J connectivity index is 1.76. The number of halogens is 1. The molecule has 9 heteroatoms. The van der Waals surface area contributed by atoms with Gasteiger partial charge in [-0.05, 0) is 35.9 Å². The summed E-state index contributed by atoms with van der Waals surface area (Å²) in [4.78, 5) is 12.2. The van der Waals surface area contributed by atoms with Gasteiger partial charge >= 0.3 is 5.97 Å². The minimum atomic E-state index is -3.84. The van der Waals surface area contributed by atoms with Crippen LogP contribution in [0, 0.1) is 11.3 Å². The first-order valence-electron chi connectivity index (χ1n) is 8.45. The Morgan fingerprint density at radius 2 is 1.86 bits per heavy atom. The fraction of sp³-hybridized carbons (Fsp3) is 0.263. The molecule has 3 rings (SSSR count). The van der Waals surface area contributed by atoms with E-state index in [9.17, 15) is 13.2 Å². The number of hydrogen-bond donors (Lipinski definition) is 0. The monoisotopic (exact) mass is 420 g/mol. The Bertz CT molecular complexity index is 1010. The van der Waals surface area contributed by atoms with E-state index >= 15 is 0 Å². The number of ether oxygens (including phenoxy) is 2. The lowest BCUT2D eigenvalue weighted by atomic mass is 10.1. The van der Waals surface area contributed by atoms with Crippen molar-refractivity contribution in [3.05, 3.63) is 64.2 Å². The molecule has 28 heavy (non-hydrogen) atoms. The number of hydrogen-bond acceptors (Lipinski definition) is 6. The molecule has 2 aromatic carbocycles. The molecule has 1 aliphatic rings. The molecule has 0 unspecified atom stereocenters. The van der Waals surface area contributed by atoms with Gasteiger partial charge in [0.15, 0.2) is 0 Å². The first kappa shape index (κ1) is 20.3. The lowest BCUT2D eigenvalue weighted by Crippen LogP contribution is -2.40. The molecule has 1 aliphatic heterocycles. The van der Waals surface area contributed by atoms with Gasteiger partial charge in [-0.2, -0.15) is 9.57 Å². The summed E-state index contributed by atoms with van der Waals surface area (Å²) >= 11 is 6.09. The molecule has 0 aliphatic carbocycles. The van der Waals surface area contributed by atoms with Crippen molar-refractivity contribution in [3.63, 3.8) is 0 Å². The van der Waals surface area contributed by atoms with Crippen molar-refractivity contribution in [2.45, 2.75) is 11.5 Å². The van der Waals surface area contributed by atoms with Crippen molar-refractivity contribution in [1.29, 1.82) is 5.26 Å². The molecular formula is C19H17ClN2O5S. The number of nitriles is 1. The van der Waals surface area contributed by atoms with Crippen molar-refractivity contribution >= 4 is 27.6 Å². The highest BCUT2D eigenvalue weighted by Crippen LogP contribution is 2.27. The number of nitrogens with zero attached hydrogens (tertiary/aromatic N) is 2. The van der Waals surface area contributed by atoms with Crippen LogP contribution < -0.4 is 0 Å². The molecular weight excluding hydrogens is 404 g/mol. The third-order valence-electron chi connectivity index (χ3n) is 4.21. The van der Waals surface area contributed by atoms with E-state index in [1.807, 2.05) is 6.07 Å². The van der Waals surface area contributed by atoms with Crippen LogP contribution in [-0.4, -0.2) is 45.0 Å². The summed E-state index contributed by atoms with van der Waals surface area (Å²) in [5.41, 5.74) is 1.30. The molecule has 0 saturated carbocycles. The normalized spacial score (nSPS) is 15.0. The van der Waals surface area contributed by atoms with Gasteiger partial charge in [-0.3, -0.25) is 0 Å². The summed E-state index contributed by atoms with van der Waals surface area (Å²) in [7, 11) is -3.84. The highest BCUT2D eigenvalue weighted by Gasteiger charge is 2.29. The summed E-state index contributed by atoms with van der Waals surface area (Å²) in [5, 5.41) is 8.84. The SMILES string of the molecule is N#Cc1ccc(COC(=O)c2ccc(Cl)c(S(=O)(=O)N3CCOCC3)c2)cc1. The van der Waals surface area contributed by atoms with E-state index in [2.05, 4.69) is 0 Å². The van der Waals surface area contributed by atoms with E-state index in [0.29, 0.717) is 24.3 Å². The molecule has 7 nitrogen and oxygen atoms in total. The number of carbonyl (C=O) groups is 1. The van der Waals surface area contributed by atoms with Gasteiger partial charge in [0.2, 0.25) is 10.0 Å². The molecule has 0 N–H and O–H groups in total. The van der Waals surface area contributed by atoms with E-state index in [1.165, 1.54) is 22.5 Å². The van der Waals surface area contributed by atoms with Gasteiger partial charge in [0.05, 0.1) is 35.4 Å². The minimum absolute atomic E-state index is 0.00127. The molecule has 0 atom stereocenters. The maximum absolute atomic E-state index is 12.8. The molecule has 146 valence electrons. The number of benzene rings is 2. The van der Waals surface area contributed by atoms with Crippen molar-refractivity contribution in [3.8, 4) is 6.07 Å². The number of carbonyl (C=O) groups excluding carboxylic acids is 1. The van der Waals surface area contributed by atoms with Crippen LogP contribution in [0.2, 0.25) is 5.02 Å². The molecule has 2 aromatic rings. The zero-order valence-electron chi connectivity index (χ0n) is 14.8. The van der Waals surface area contributed by atoms with Crippen LogP contribution >= 0.6 is 11.6 Å². The second-order valence-corrected chi connectivity index (χ2v) is 8.36. The third-order valence-corrected chi connectivity index (χ3v) is 6.59. The third kappa shape index (κ3) is 4.51. The molecule has 0 spiro atoms. The van der Waals surface area contributed by atoms with Crippen molar-refractivity contribution in [2.24, 2.45) is 0 Å². The molecule has 0 radical (unpaired) electrons. The van der Waals surface area contributed by atoms with E-state index in [4.69, 9.17) is 26.3 Å². The summed E-state index contributed by atoms with van der Waals surface area (Å²) in [6.07, 6.45) is 0. The zero-order chi connectivity index (χ0) is 20.1. The Morgan fingerprint density at radius 3 is 2.50 bits per heavy atom. The van der Waals surface area contributed by atoms with Gasteiger partial charge in [0.1, 0.15) is 11.5 Å². The van der Waals surface area contributed by atoms with Crippen LogP contribution in [0.5, 0.6) is 0 Å². The van der Waals surface area contributed by atoms with E-state index in [-0.39, 0.29) is 35.2 Å². The molecule has 1 saturated heterocycles. The topological polar surface area (TPSA) is 96.7 Å². The van der Waals surface area contributed by atoms with E-state index in [1.54, 1.807) is 24.3 Å². The first-order valence-corrected chi connectivity index (χ1v) is 10.3. The molecule has 0 amide bonds. The van der Waals surface area contributed by atoms with Gasteiger partial charge in [0, 0.05) is 13.1 Å². The van der Waals surface area contributed by atoms with E-state index < -0.39 is 16.0 Å². The lowest BCUT2D eigenvalue weighted by molar-refractivity contribution is 0.0472. The second kappa shape index (κ2) is 8.71. The van der Waals surface area contributed by atoms with Crippen molar-refractivity contribution in [1.82, 2.24) is 4.31 Å². The van der Waals surface area contributed by atoms with Gasteiger partial charge in [0.25, 0.3) is 0 Å². The smallest absolute Gasteiger partial charge is 0.338 e.